The molecule has 0 N–H and O–H groups in total. The Hall–Kier alpha value is -1.76. The Kier molecular flexibility index (Phi) is 7.49. The zero-order valence-corrected chi connectivity index (χ0v) is 20.6. The van der Waals surface area contributed by atoms with Gasteiger partial charge in [0.15, 0.2) is 0 Å². The third kappa shape index (κ3) is 7.14. The van der Waals surface area contributed by atoms with Crippen molar-refractivity contribution in [2.45, 2.75) is 62.9 Å². The third-order valence-corrected chi connectivity index (χ3v) is 7.47. The Bertz CT molecular complexity index is 849. The van der Waals surface area contributed by atoms with E-state index in [1.165, 1.54) is 47.9 Å². The minimum Gasteiger partial charge on any atom is -0.381 e. The smallest absolute Gasteiger partial charge is 0.112 e. The number of hydrogen-bond donors (Lipinski definition) is 0. The molecule has 2 saturated heterocycles. The predicted octanol–water partition coefficient (Wildman–Crippen LogP) is 5.22. The zero-order chi connectivity index (χ0) is 23.5. The molecule has 4 unspecified atom stereocenters. The Labute approximate surface area is 209 Å². The molecular formula is C30H38O5. The number of rotatable bonds is 16. The highest BCUT2D eigenvalue weighted by atomic mass is 16.6. The fourth-order valence-corrected chi connectivity index (χ4v) is 4.58. The summed E-state index contributed by atoms with van der Waals surface area (Å²) < 4.78 is 29.7. The lowest BCUT2D eigenvalue weighted by atomic mass is 10.0. The van der Waals surface area contributed by atoms with Crippen LogP contribution in [0.25, 0.3) is 0 Å². The van der Waals surface area contributed by atoms with Crippen LogP contribution in [0.5, 0.6) is 0 Å². The average Bonchev–Trinajstić information content (AvgIpc) is 3.73. The molecule has 0 radical (unpaired) electrons. The van der Waals surface area contributed by atoms with Crippen LogP contribution in [0.1, 0.15) is 60.1 Å². The summed E-state index contributed by atoms with van der Waals surface area (Å²) in [7, 11) is 0. The van der Waals surface area contributed by atoms with E-state index in [9.17, 15) is 0 Å². The maximum atomic E-state index is 6.71. The van der Waals surface area contributed by atoms with Crippen molar-refractivity contribution in [3.8, 4) is 0 Å². The molecule has 35 heavy (non-hydrogen) atoms. The Morgan fingerprint density at radius 3 is 1.37 bits per heavy atom. The van der Waals surface area contributed by atoms with E-state index >= 15 is 0 Å². The van der Waals surface area contributed by atoms with Crippen molar-refractivity contribution in [2.75, 3.05) is 39.6 Å². The topological polar surface area (TPSA) is 52.8 Å². The second-order valence-electron chi connectivity index (χ2n) is 10.7. The molecule has 2 aromatic carbocycles. The Balaban J connectivity index is 1.04. The van der Waals surface area contributed by atoms with Gasteiger partial charge in [0.05, 0.1) is 26.4 Å². The molecule has 4 atom stereocenters. The molecule has 2 aliphatic heterocycles. The van der Waals surface area contributed by atoms with E-state index in [-0.39, 0.29) is 24.4 Å². The van der Waals surface area contributed by atoms with Crippen molar-refractivity contribution >= 4 is 0 Å². The van der Waals surface area contributed by atoms with Crippen molar-refractivity contribution in [2.24, 2.45) is 11.8 Å². The van der Waals surface area contributed by atoms with Gasteiger partial charge >= 0.3 is 0 Å². The molecule has 4 aliphatic rings. The fourth-order valence-electron chi connectivity index (χ4n) is 4.58. The summed E-state index contributed by atoms with van der Waals surface area (Å²) >= 11 is 0. The first kappa shape index (κ1) is 23.6. The van der Waals surface area contributed by atoms with Crippen molar-refractivity contribution in [1.82, 2.24) is 0 Å². The summed E-state index contributed by atoms with van der Waals surface area (Å²) in [5.41, 5.74) is 4.95. The minimum absolute atomic E-state index is 0.0835. The molecule has 2 aliphatic carbocycles. The van der Waals surface area contributed by atoms with Crippen molar-refractivity contribution in [3.63, 3.8) is 0 Å². The van der Waals surface area contributed by atoms with Gasteiger partial charge in [0, 0.05) is 13.2 Å². The minimum atomic E-state index is -0.0835. The summed E-state index contributed by atoms with van der Waals surface area (Å²) in [6.07, 6.45) is 7.33. The van der Waals surface area contributed by atoms with Gasteiger partial charge in [0.25, 0.3) is 0 Å². The molecule has 188 valence electrons. The van der Waals surface area contributed by atoms with Gasteiger partial charge in [-0.2, -0.15) is 0 Å². The normalized spacial score (nSPS) is 24.8. The largest absolute Gasteiger partial charge is 0.381 e. The van der Waals surface area contributed by atoms with Crippen molar-refractivity contribution in [1.29, 1.82) is 0 Å². The van der Waals surface area contributed by atoms with E-state index in [1.54, 1.807) is 0 Å². The van der Waals surface area contributed by atoms with Gasteiger partial charge in [-0.05, 0) is 72.6 Å². The van der Waals surface area contributed by atoms with E-state index in [2.05, 4.69) is 48.5 Å². The zero-order valence-electron chi connectivity index (χ0n) is 20.6. The molecule has 0 aromatic heterocycles. The summed E-state index contributed by atoms with van der Waals surface area (Å²) in [6.45, 7) is 4.94. The van der Waals surface area contributed by atoms with Crippen LogP contribution in [0.4, 0.5) is 0 Å². The summed E-state index contributed by atoms with van der Waals surface area (Å²) in [4.78, 5) is 0. The number of benzene rings is 2. The maximum Gasteiger partial charge on any atom is 0.112 e. The summed E-state index contributed by atoms with van der Waals surface area (Å²) in [5.74, 6) is 1.64. The van der Waals surface area contributed by atoms with Gasteiger partial charge < -0.3 is 23.7 Å². The molecule has 4 fully saturated rings. The Morgan fingerprint density at radius 1 is 0.629 bits per heavy atom. The summed E-state index contributed by atoms with van der Waals surface area (Å²) in [6, 6.07) is 17.6. The van der Waals surface area contributed by atoms with Crippen LogP contribution in [0.3, 0.4) is 0 Å². The molecule has 0 spiro atoms. The van der Waals surface area contributed by atoms with Crippen molar-refractivity contribution < 1.29 is 23.7 Å². The van der Waals surface area contributed by atoms with E-state index in [0.717, 1.165) is 64.3 Å². The first-order valence-corrected chi connectivity index (χ1v) is 13.5. The number of hydrogen-bond acceptors (Lipinski definition) is 5. The van der Waals surface area contributed by atoms with E-state index in [4.69, 9.17) is 23.7 Å². The van der Waals surface area contributed by atoms with Gasteiger partial charge in [-0.15, -0.1) is 0 Å². The van der Waals surface area contributed by atoms with Crippen LogP contribution in [0.2, 0.25) is 0 Å². The molecule has 0 bridgehead atoms. The first-order chi connectivity index (χ1) is 17.3. The van der Waals surface area contributed by atoms with Crippen LogP contribution in [0, 0.1) is 11.8 Å². The average molecular weight is 479 g/mol. The monoisotopic (exact) mass is 478 g/mol. The second-order valence-corrected chi connectivity index (χ2v) is 10.7. The molecule has 2 aromatic rings. The van der Waals surface area contributed by atoms with Crippen LogP contribution in [-0.4, -0.2) is 51.8 Å². The van der Waals surface area contributed by atoms with E-state index < -0.39 is 0 Å². The summed E-state index contributed by atoms with van der Waals surface area (Å²) in [5, 5.41) is 0. The van der Waals surface area contributed by atoms with Crippen molar-refractivity contribution in [3.05, 3.63) is 70.8 Å². The molecule has 2 saturated carbocycles. The first-order valence-electron chi connectivity index (χ1n) is 13.5. The lowest BCUT2D eigenvalue weighted by molar-refractivity contribution is -0.0419. The fraction of sp³-hybridized carbons (Fsp3) is 0.600. The molecule has 5 nitrogen and oxygen atoms in total. The van der Waals surface area contributed by atoms with Crippen LogP contribution >= 0.6 is 0 Å². The van der Waals surface area contributed by atoms with Gasteiger partial charge in [-0.3, -0.25) is 0 Å². The number of epoxide rings is 2. The number of ether oxygens (including phenoxy) is 5. The molecule has 2 heterocycles. The molecular weight excluding hydrogens is 440 g/mol. The van der Waals surface area contributed by atoms with Gasteiger partial charge in [0.2, 0.25) is 0 Å². The lowest BCUT2D eigenvalue weighted by Crippen LogP contribution is -2.19. The lowest BCUT2D eigenvalue weighted by Gasteiger charge is -2.24. The predicted molar refractivity (Wildman–Crippen MR) is 133 cm³/mol. The van der Waals surface area contributed by atoms with Gasteiger partial charge in [-0.1, -0.05) is 48.5 Å². The highest BCUT2D eigenvalue weighted by Gasteiger charge is 2.42. The van der Waals surface area contributed by atoms with Gasteiger partial charge in [-0.25, -0.2) is 0 Å². The van der Waals surface area contributed by atoms with Gasteiger partial charge in [0.1, 0.15) is 24.4 Å². The third-order valence-electron chi connectivity index (χ3n) is 7.47. The Morgan fingerprint density at radius 2 is 1.03 bits per heavy atom. The van der Waals surface area contributed by atoms with E-state index in [0.29, 0.717) is 0 Å². The standard InChI is InChI=1S/C30H38O5/c1-2-23(1)17-31-15-13-21-5-9-25(10-6-21)29(27-19-33-27)35-30(28-20-34-28)26-11-7-22(8-12-26)14-16-32-18-24-3-4-24/h5-12,23-24,27-30H,1-4,13-20H2. The SMILES string of the molecule is c1cc(C(OC(c2ccc(CCOCC3CC3)cc2)C2CO2)C2CO2)ccc1CCOCC1CC1. The maximum absolute atomic E-state index is 6.71. The molecule has 0 amide bonds. The van der Waals surface area contributed by atoms with Crippen LogP contribution < -0.4 is 0 Å². The highest BCUT2D eigenvalue weighted by molar-refractivity contribution is 5.28. The second kappa shape index (κ2) is 11.1. The highest BCUT2D eigenvalue weighted by Crippen LogP contribution is 2.40. The van der Waals surface area contributed by atoms with E-state index in [1.807, 2.05) is 0 Å². The molecule has 6 rings (SSSR count). The molecule has 5 heteroatoms. The van der Waals surface area contributed by atoms with Crippen LogP contribution in [0.15, 0.2) is 48.5 Å². The van der Waals surface area contributed by atoms with Crippen LogP contribution in [-0.2, 0) is 36.5 Å². The quantitative estimate of drug-likeness (QED) is 0.245.